The van der Waals surface area contributed by atoms with Crippen LogP contribution in [0.25, 0.3) is 0 Å². The Morgan fingerprint density at radius 2 is 1.76 bits per heavy atom. The molecule has 2 aromatic rings. The lowest BCUT2D eigenvalue weighted by atomic mass is 9.64. The van der Waals surface area contributed by atoms with Gasteiger partial charge in [0.15, 0.2) is 6.61 Å². The molecule has 1 N–H and O–H groups in total. The number of aliphatic carboxylic acids is 1. The zero-order valence-electron chi connectivity index (χ0n) is 20.0. The van der Waals surface area contributed by atoms with E-state index in [-0.39, 0.29) is 36.1 Å². The summed E-state index contributed by atoms with van der Waals surface area (Å²) in [5.74, 6) is -0.167. The van der Waals surface area contributed by atoms with Crippen molar-refractivity contribution in [1.82, 2.24) is 9.80 Å². The zero-order valence-corrected chi connectivity index (χ0v) is 20.0. The summed E-state index contributed by atoms with van der Waals surface area (Å²) in [6, 6.07) is 19.4. The summed E-state index contributed by atoms with van der Waals surface area (Å²) in [5.41, 5.74) is 2.35. The van der Waals surface area contributed by atoms with Crippen molar-refractivity contribution in [3.05, 3.63) is 65.7 Å². The summed E-state index contributed by atoms with van der Waals surface area (Å²) >= 11 is 0. The number of para-hydroxylation sites is 1. The van der Waals surface area contributed by atoms with Crippen molar-refractivity contribution in [2.75, 3.05) is 6.61 Å². The maximum absolute atomic E-state index is 12.9. The highest BCUT2D eigenvalue weighted by atomic mass is 16.5. The molecule has 5 rings (SSSR count). The zero-order chi connectivity index (χ0) is 23.9. The number of carboxylic acids is 1. The van der Waals surface area contributed by atoms with Crippen LogP contribution >= 0.6 is 0 Å². The van der Waals surface area contributed by atoms with Crippen LogP contribution in [0.5, 0.6) is 5.75 Å². The minimum atomic E-state index is -0.979. The molecule has 2 heterocycles. The Morgan fingerprint density at radius 3 is 2.50 bits per heavy atom. The molecule has 1 aliphatic carbocycles. The number of carbonyl (C=O) groups is 2. The molecule has 3 fully saturated rings. The molecule has 2 aromatic carbocycles. The molecule has 2 bridgehead atoms. The van der Waals surface area contributed by atoms with E-state index in [1.807, 2.05) is 30.3 Å². The molecule has 5 atom stereocenters. The molecule has 0 spiro atoms. The number of ether oxygens (including phenoxy) is 1. The first-order chi connectivity index (χ1) is 16.4. The third-order valence-corrected chi connectivity index (χ3v) is 8.42. The molecule has 2 aliphatic heterocycles. The van der Waals surface area contributed by atoms with Gasteiger partial charge in [0, 0.05) is 48.6 Å². The van der Waals surface area contributed by atoms with Crippen molar-refractivity contribution in [3.63, 3.8) is 0 Å². The van der Waals surface area contributed by atoms with E-state index in [4.69, 9.17) is 9.84 Å². The summed E-state index contributed by atoms with van der Waals surface area (Å²) < 4.78 is 5.66. The third-order valence-electron chi connectivity index (χ3n) is 8.42. The van der Waals surface area contributed by atoms with Crippen molar-refractivity contribution in [1.29, 1.82) is 0 Å². The average molecular weight is 463 g/mol. The number of carboxylic acid groups (broad SMARTS) is 1. The van der Waals surface area contributed by atoms with Crippen LogP contribution in [0.4, 0.5) is 0 Å². The quantitative estimate of drug-likeness (QED) is 0.670. The predicted octanol–water partition coefficient (Wildman–Crippen LogP) is 4.13. The van der Waals surface area contributed by atoms with E-state index in [0.717, 1.165) is 37.7 Å². The van der Waals surface area contributed by atoms with Gasteiger partial charge in [0.25, 0.3) is 0 Å². The molecule has 6 heteroatoms. The lowest BCUT2D eigenvalue weighted by Crippen LogP contribution is -2.60. The summed E-state index contributed by atoms with van der Waals surface area (Å²) in [6.07, 6.45) is 5.25. The second-order valence-electron chi connectivity index (χ2n) is 10.4. The van der Waals surface area contributed by atoms with Crippen LogP contribution in [0.3, 0.4) is 0 Å². The van der Waals surface area contributed by atoms with Gasteiger partial charge in [-0.05, 0) is 43.7 Å². The van der Waals surface area contributed by atoms with Gasteiger partial charge in [0.2, 0.25) is 5.91 Å². The summed E-state index contributed by atoms with van der Waals surface area (Å²) in [5, 5.41) is 9.13. The number of hydrogen-bond acceptors (Lipinski definition) is 4. The van der Waals surface area contributed by atoms with E-state index in [9.17, 15) is 9.59 Å². The molecule has 2 saturated heterocycles. The van der Waals surface area contributed by atoms with E-state index in [1.165, 1.54) is 5.56 Å². The number of fused-ring (bicyclic) bond motifs is 1. The van der Waals surface area contributed by atoms with Crippen molar-refractivity contribution in [2.24, 2.45) is 5.41 Å². The lowest BCUT2D eigenvalue weighted by molar-refractivity contribution is -0.139. The van der Waals surface area contributed by atoms with Crippen LogP contribution < -0.4 is 4.74 Å². The second-order valence-corrected chi connectivity index (χ2v) is 10.4. The molecular weight excluding hydrogens is 428 g/mol. The van der Waals surface area contributed by atoms with Crippen molar-refractivity contribution >= 4 is 11.9 Å². The number of carbonyl (C=O) groups excluding carboxylic acids is 1. The van der Waals surface area contributed by atoms with Crippen LogP contribution in [-0.2, 0) is 22.6 Å². The number of benzene rings is 2. The smallest absolute Gasteiger partial charge is 0.341 e. The number of piperidine rings is 1. The van der Waals surface area contributed by atoms with Gasteiger partial charge in [-0.1, -0.05) is 55.5 Å². The first-order valence-electron chi connectivity index (χ1n) is 12.4. The fourth-order valence-corrected chi connectivity index (χ4v) is 7.11. The number of rotatable bonds is 7. The van der Waals surface area contributed by atoms with Crippen molar-refractivity contribution in [2.45, 2.75) is 76.7 Å². The van der Waals surface area contributed by atoms with Gasteiger partial charge in [-0.3, -0.25) is 9.69 Å². The summed E-state index contributed by atoms with van der Waals surface area (Å²) in [7, 11) is 0. The Morgan fingerprint density at radius 1 is 1.06 bits per heavy atom. The van der Waals surface area contributed by atoms with Crippen LogP contribution in [0.2, 0.25) is 0 Å². The highest BCUT2D eigenvalue weighted by Crippen LogP contribution is 2.56. The highest BCUT2D eigenvalue weighted by Gasteiger charge is 2.63. The standard InChI is InChI=1S/C28H34N2O4/c1-19(31)30-23-16-28(2)25(13-8-14-26(28)30)29(22(23)15-20-9-4-3-5-10-20)17-21-11-6-7-12-24(21)34-18-27(32)33/h3-7,9-12,22-23,25-26H,8,13-18H2,1-2H3,(H,32,33)/t22-,23-,25+,26-,28+/m0/s1. The molecular formula is C28H34N2O4. The van der Waals surface area contributed by atoms with Gasteiger partial charge in [0.05, 0.1) is 0 Å². The molecule has 180 valence electrons. The van der Waals surface area contributed by atoms with Gasteiger partial charge in [-0.25, -0.2) is 4.79 Å². The monoisotopic (exact) mass is 462 g/mol. The topological polar surface area (TPSA) is 70.1 Å². The van der Waals surface area contributed by atoms with Gasteiger partial charge in [-0.2, -0.15) is 0 Å². The predicted molar refractivity (Wildman–Crippen MR) is 130 cm³/mol. The minimum Gasteiger partial charge on any atom is -0.482 e. The Balaban J connectivity index is 1.54. The molecule has 1 saturated carbocycles. The summed E-state index contributed by atoms with van der Waals surface area (Å²) in [4.78, 5) is 28.9. The number of amides is 1. The van der Waals surface area contributed by atoms with Crippen LogP contribution in [-0.4, -0.2) is 57.6 Å². The first-order valence-corrected chi connectivity index (χ1v) is 12.4. The van der Waals surface area contributed by atoms with Gasteiger partial charge in [-0.15, -0.1) is 0 Å². The minimum absolute atomic E-state index is 0.0681. The maximum Gasteiger partial charge on any atom is 0.341 e. The normalized spacial score (nSPS) is 30.2. The fraction of sp³-hybridized carbons (Fsp3) is 0.500. The Kier molecular flexibility index (Phi) is 6.11. The largest absolute Gasteiger partial charge is 0.482 e. The molecule has 0 radical (unpaired) electrons. The molecule has 3 aliphatic rings. The number of nitrogens with zero attached hydrogens (tertiary/aromatic N) is 2. The van der Waals surface area contributed by atoms with Crippen LogP contribution in [0, 0.1) is 5.41 Å². The molecule has 1 amide bonds. The Hall–Kier alpha value is -2.86. The van der Waals surface area contributed by atoms with E-state index in [0.29, 0.717) is 18.3 Å². The summed E-state index contributed by atoms with van der Waals surface area (Å²) in [6.45, 7) is 4.44. The molecule has 0 unspecified atom stereocenters. The third kappa shape index (κ3) is 3.98. The Bertz CT molecular complexity index is 1060. The highest BCUT2D eigenvalue weighted by molar-refractivity contribution is 5.75. The van der Waals surface area contributed by atoms with E-state index in [2.05, 4.69) is 41.0 Å². The van der Waals surface area contributed by atoms with Crippen molar-refractivity contribution < 1.29 is 19.4 Å². The first kappa shape index (κ1) is 22.9. The number of likely N-dealkylation sites (tertiary alicyclic amines) is 2. The second kappa shape index (κ2) is 9.06. The van der Waals surface area contributed by atoms with Gasteiger partial charge in [0.1, 0.15) is 5.75 Å². The molecule has 0 aromatic heterocycles. The average Bonchev–Trinajstić information content (AvgIpc) is 3.13. The maximum atomic E-state index is 12.9. The SMILES string of the molecule is CC(=O)N1[C@H]2CCC[C@H]3N(Cc4ccccc4OCC(=O)O)[C@@H](Cc4ccccc4)[C@@H]1C[C@@]23C. The van der Waals surface area contributed by atoms with Gasteiger partial charge >= 0.3 is 5.97 Å². The van der Waals surface area contributed by atoms with E-state index in [1.54, 1.807) is 6.92 Å². The van der Waals surface area contributed by atoms with E-state index < -0.39 is 5.97 Å². The lowest BCUT2D eigenvalue weighted by Gasteiger charge is -2.53. The van der Waals surface area contributed by atoms with Crippen LogP contribution in [0.1, 0.15) is 50.7 Å². The van der Waals surface area contributed by atoms with Crippen LogP contribution in [0.15, 0.2) is 54.6 Å². The fourth-order valence-electron chi connectivity index (χ4n) is 7.11. The number of hydrogen-bond donors (Lipinski definition) is 1. The molecule has 34 heavy (non-hydrogen) atoms. The van der Waals surface area contributed by atoms with E-state index >= 15 is 0 Å². The molecule has 6 nitrogen and oxygen atoms in total. The van der Waals surface area contributed by atoms with Crippen molar-refractivity contribution in [3.8, 4) is 5.75 Å². The van der Waals surface area contributed by atoms with Gasteiger partial charge < -0.3 is 14.7 Å². The Labute approximate surface area is 201 Å².